The lowest BCUT2D eigenvalue weighted by atomic mass is 9.81. The Morgan fingerprint density at radius 3 is 2.70 bits per heavy atom. The Morgan fingerprint density at radius 2 is 2.10 bits per heavy atom. The van der Waals surface area contributed by atoms with Crippen LogP contribution in [0.25, 0.3) is 0 Å². The van der Waals surface area contributed by atoms with Gasteiger partial charge in [0.25, 0.3) is 0 Å². The minimum absolute atomic E-state index is 0.0103. The van der Waals surface area contributed by atoms with Gasteiger partial charge in [-0.15, -0.1) is 0 Å². The first-order chi connectivity index (χ1) is 9.31. The van der Waals surface area contributed by atoms with Gasteiger partial charge >= 0.3 is 0 Å². The van der Waals surface area contributed by atoms with Gasteiger partial charge in [0.1, 0.15) is 5.15 Å². The molecular formula is C13H20ClN3O2S. The molecule has 20 heavy (non-hydrogen) atoms. The Bertz CT molecular complexity index is 569. The van der Waals surface area contributed by atoms with Crippen molar-refractivity contribution in [1.82, 2.24) is 14.6 Å². The predicted octanol–water partition coefficient (Wildman–Crippen LogP) is 1.75. The van der Waals surface area contributed by atoms with Gasteiger partial charge in [0.15, 0.2) is 0 Å². The van der Waals surface area contributed by atoms with E-state index in [2.05, 4.69) is 28.6 Å². The SMILES string of the molecule is CN1CCC(C)(CNS(=O)(=O)c2ccnc(Cl)c2)CC1. The average Bonchev–Trinajstić information content (AvgIpc) is 2.41. The second-order valence-electron chi connectivity index (χ2n) is 5.75. The van der Waals surface area contributed by atoms with Crippen LogP contribution in [-0.2, 0) is 10.0 Å². The maximum atomic E-state index is 12.2. The average molecular weight is 318 g/mol. The van der Waals surface area contributed by atoms with Crippen molar-refractivity contribution in [3.8, 4) is 0 Å². The van der Waals surface area contributed by atoms with Gasteiger partial charge in [0.2, 0.25) is 10.0 Å². The van der Waals surface area contributed by atoms with Crippen LogP contribution in [0.3, 0.4) is 0 Å². The Morgan fingerprint density at radius 1 is 1.45 bits per heavy atom. The van der Waals surface area contributed by atoms with Crippen LogP contribution < -0.4 is 4.72 Å². The van der Waals surface area contributed by atoms with Crippen LogP contribution in [0, 0.1) is 5.41 Å². The zero-order valence-electron chi connectivity index (χ0n) is 11.8. The van der Waals surface area contributed by atoms with Crippen LogP contribution in [0.15, 0.2) is 23.2 Å². The van der Waals surface area contributed by atoms with E-state index in [9.17, 15) is 8.42 Å². The third kappa shape index (κ3) is 3.91. The third-order valence-electron chi connectivity index (χ3n) is 3.89. The van der Waals surface area contributed by atoms with E-state index in [1.165, 1.54) is 18.3 Å². The molecule has 0 bridgehead atoms. The van der Waals surface area contributed by atoms with Crippen molar-refractivity contribution in [3.05, 3.63) is 23.5 Å². The highest BCUT2D eigenvalue weighted by molar-refractivity contribution is 7.89. The van der Waals surface area contributed by atoms with Crippen molar-refractivity contribution in [1.29, 1.82) is 0 Å². The van der Waals surface area contributed by atoms with Crippen molar-refractivity contribution in [2.45, 2.75) is 24.7 Å². The van der Waals surface area contributed by atoms with E-state index in [1.54, 1.807) is 0 Å². The number of rotatable bonds is 4. The second-order valence-corrected chi connectivity index (χ2v) is 7.91. The number of hydrogen-bond donors (Lipinski definition) is 1. The first-order valence-electron chi connectivity index (χ1n) is 6.61. The first-order valence-corrected chi connectivity index (χ1v) is 8.47. The van der Waals surface area contributed by atoms with Crippen LogP contribution in [0.2, 0.25) is 5.15 Å². The van der Waals surface area contributed by atoms with E-state index < -0.39 is 10.0 Å². The summed E-state index contributed by atoms with van der Waals surface area (Å²) in [5, 5.41) is 0.179. The molecule has 1 aliphatic rings. The van der Waals surface area contributed by atoms with E-state index >= 15 is 0 Å². The topological polar surface area (TPSA) is 62.3 Å². The number of piperidine rings is 1. The van der Waals surface area contributed by atoms with Crippen molar-refractivity contribution in [2.24, 2.45) is 5.41 Å². The van der Waals surface area contributed by atoms with E-state index in [0.717, 1.165) is 25.9 Å². The van der Waals surface area contributed by atoms with Crippen molar-refractivity contribution in [3.63, 3.8) is 0 Å². The lowest BCUT2D eigenvalue weighted by Crippen LogP contribution is -2.43. The van der Waals surface area contributed by atoms with Gasteiger partial charge < -0.3 is 4.90 Å². The molecular weight excluding hydrogens is 298 g/mol. The zero-order valence-corrected chi connectivity index (χ0v) is 13.3. The van der Waals surface area contributed by atoms with Crippen LogP contribution >= 0.6 is 11.6 Å². The Kier molecular flexibility index (Phi) is 4.69. The summed E-state index contributed by atoms with van der Waals surface area (Å²) in [6.07, 6.45) is 3.38. The van der Waals surface area contributed by atoms with Crippen LogP contribution in [-0.4, -0.2) is 45.0 Å². The molecule has 1 saturated heterocycles. The van der Waals surface area contributed by atoms with Gasteiger partial charge in [-0.25, -0.2) is 18.1 Å². The molecule has 0 spiro atoms. The number of nitrogens with zero attached hydrogens (tertiary/aromatic N) is 2. The van der Waals surface area contributed by atoms with Gasteiger partial charge in [-0.1, -0.05) is 18.5 Å². The molecule has 0 unspecified atom stereocenters. The number of hydrogen-bond acceptors (Lipinski definition) is 4. The highest BCUT2D eigenvalue weighted by Gasteiger charge is 2.30. The molecule has 7 heteroatoms. The molecule has 0 saturated carbocycles. The zero-order chi connectivity index (χ0) is 14.8. The van der Waals surface area contributed by atoms with Crippen LogP contribution in [0.4, 0.5) is 0 Å². The van der Waals surface area contributed by atoms with Crippen molar-refractivity contribution < 1.29 is 8.42 Å². The summed E-state index contributed by atoms with van der Waals surface area (Å²) in [5.41, 5.74) is 0.0103. The molecule has 0 aliphatic carbocycles. The summed E-state index contributed by atoms with van der Waals surface area (Å²) in [6.45, 7) is 4.57. The molecule has 2 rings (SSSR count). The fraction of sp³-hybridized carbons (Fsp3) is 0.615. The summed E-state index contributed by atoms with van der Waals surface area (Å²) in [5.74, 6) is 0. The summed E-state index contributed by atoms with van der Waals surface area (Å²) < 4.78 is 27.1. The lowest BCUT2D eigenvalue weighted by Gasteiger charge is -2.37. The molecule has 0 aromatic carbocycles. The molecule has 1 aliphatic heterocycles. The molecule has 1 aromatic rings. The Labute approximate surface area is 125 Å². The molecule has 0 radical (unpaired) electrons. The van der Waals surface area contributed by atoms with Crippen molar-refractivity contribution >= 4 is 21.6 Å². The van der Waals surface area contributed by atoms with Crippen molar-refractivity contribution in [2.75, 3.05) is 26.7 Å². The van der Waals surface area contributed by atoms with Gasteiger partial charge in [-0.05, 0) is 50.5 Å². The van der Waals surface area contributed by atoms with E-state index in [-0.39, 0.29) is 15.5 Å². The molecule has 0 atom stereocenters. The number of pyridine rings is 1. The summed E-state index contributed by atoms with van der Waals surface area (Å²) in [4.78, 5) is 6.22. The summed E-state index contributed by atoms with van der Waals surface area (Å²) >= 11 is 5.73. The fourth-order valence-electron chi connectivity index (χ4n) is 2.24. The summed E-state index contributed by atoms with van der Waals surface area (Å²) in [6, 6.07) is 2.81. The molecule has 1 fully saturated rings. The van der Waals surface area contributed by atoms with Gasteiger partial charge in [-0.2, -0.15) is 0 Å². The van der Waals surface area contributed by atoms with Gasteiger partial charge in [0, 0.05) is 12.7 Å². The number of likely N-dealkylation sites (tertiary alicyclic amines) is 1. The normalized spacial score (nSPS) is 19.9. The van der Waals surface area contributed by atoms with Crippen LogP contribution in [0.1, 0.15) is 19.8 Å². The lowest BCUT2D eigenvalue weighted by molar-refractivity contribution is 0.143. The van der Waals surface area contributed by atoms with Crippen LogP contribution in [0.5, 0.6) is 0 Å². The standard InChI is InChI=1S/C13H20ClN3O2S/c1-13(4-7-17(2)8-5-13)10-16-20(18,19)11-3-6-15-12(14)9-11/h3,6,9,16H,4-5,7-8,10H2,1-2H3. The number of sulfonamides is 1. The largest absolute Gasteiger partial charge is 0.306 e. The van der Waals surface area contributed by atoms with E-state index in [1.807, 2.05) is 0 Å². The summed E-state index contributed by atoms with van der Waals surface area (Å²) in [7, 11) is -1.44. The first kappa shape index (κ1) is 15.7. The van der Waals surface area contributed by atoms with E-state index in [0.29, 0.717) is 6.54 Å². The highest BCUT2D eigenvalue weighted by atomic mass is 35.5. The van der Waals surface area contributed by atoms with Gasteiger partial charge in [-0.3, -0.25) is 0 Å². The highest BCUT2D eigenvalue weighted by Crippen LogP contribution is 2.30. The monoisotopic (exact) mass is 317 g/mol. The molecule has 0 amide bonds. The maximum Gasteiger partial charge on any atom is 0.240 e. The molecule has 5 nitrogen and oxygen atoms in total. The Balaban J connectivity index is 2.03. The smallest absolute Gasteiger partial charge is 0.240 e. The fourth-order valence-corrected chi connectivity index (χ4v) is 3.69. The molecule has 112 valence electrons. The Hall–Kier alpha value is -0.690. The second kappa shape index (κ2) is 5.97. The maximum absolute atomic E-state index is 12.2. The number of halogens is 1. The number of aromatic nitrogens is 1. The minimum atomic E-state index is -3.52. The molecule has 2 heterocycles. The predicted molar refractivity (Wildman–Crippen MR) is 79.3 cm³/mol. The molecule has 1 aromatic heterocycles. The minimum Gasteiger partial charge on any atom is -0.306 e. The third-order valence-corrected chi connectivity index (χ3v) is 5.50. The number of nitrogens with one attached hydrogen (secondary N) is 1. The molecule has 1 N–H and O–H groups in total. The van der Waals surface area contributed by atoms with Gasteiger partial charge in [0.05, 0.1) is 4.90 Å². The quantitative estimate of drug-likeness (QED) is 0.859. The van der Waals surface area contributed by atoms with E-state index in [4.69, 9.17) is 11.6 Å².